The van der Waals surface area contributed by atoms with Crippen molar-refractivity contribution in [3.8, 4) is 0 Å². The first-order chi connectivity index (χ1) is 8.62. The fourth-order valence-corrected chi connectivity index (χ4v) is 3.45. The summed E-state index contributed by atoms with van der Waals surface area (Å²) in [5.74, 6) is 0.723. The summed E-state index contributed by atoms with van der Waals surface area (Å²) in [6, 6.07) is 0.0756. The average molecular weight is 324 g/mol. The molecule has 0 aromatic carbocycles. The molecule has 1 rings (SSSR count). The van der Waals surface area contributed by atoms with Crippen LogP contribution in [-0.4, -0.2) is 35.0 Å². The Morgan fingerprint density at radius 1 is 1.26 bits per heavy atom. The molecule has 19 heavy (non-hydrogen) atoms. The van der Waals surface area contributed by atoms with E-state index in [2.05, 4.69) is 22.2 Å². The van der Waals surface area contributed by atoms with Crippen LogP contribution in [0.4, 0.5) is 5.82 Å². The van der Waals surface area contributed by atoms with E-state index in [1.165, 1.54) is 6.20 Å². The zero-order chi connectivity index (χ0) is 14.8. The zero-order valence-corrected chi connectivity index (χ0v) is 14.2. The Balaban J connectivity index is 2.82. The molecule has 108 valence electrons. The molecular formula is C12H20Cl2N3OP. The van der Waals surface area contributed by atoms with Crippen LogP contribution in [-0.2, 0) is 4.57 Å². The molecule has 4 nitrogen and oxygen atoms in total. The fraction of sp³-hybridized carbons (Fsp3) is 0.667. The highest BCUT2D eigenvalue weighted by Gasteiger charge is 2.28. The van der Waals surface area contributed by atoms with Crippen molar-refractivity contribution in [3.05, 3.63) is 16.5 Å². The molecule has 1 aromatic rings. The smallest absolute Gasteiger partial charge is 0.224 e. The van der Waals surface area contributed by atoms with E-state index in [0.29, 0.717) is 10.8 Å². The van der Waals surface area contributed by atoms with E-state index in [9.17, 15) is 4.57 Å². The monoisotopic (exact) mass is 323 g/mol. The van der Waals surface area contributed by atoms with Gasteiger partial charge in [0.1, 0.15) is 10.8 Å². The van der Waals surface area contributed by atoms with Crippen LogP contribution in [0.25, 0.3) is 0 Å². The van der Waals surface area contributed by atoms with Crippen LogP contribution in [0, 0.1) is 5.92 Å². The first-order valence-electron chi connectivity index (χ1n) is 6.12. The third-order valence-corrected chi connectivity index (χ3v) is 6.50. The standard InChI is InChI=1S/C12H20Cl2N3OP/c1-7(9(3)19(4,5)18)8(2)16-11-10(13)6-15-12(14)17-11/h6-9H,1-5H3,(H,15,16,17). The summed E-state index contributed by atoms with van der Waals surface area (Å²) in [4.78, 5) is 7.86. The van der Waals surface area contributed by atoms with E-state index in [4.69, 9.17) is 23.2 Å². The number of hydrogen-bond acceptors (Lipinski definition) is 4. The van der Waals surface area contributed by atoms with Gasteiger partial charge in [-0.15, -0.1) is 0 Å². The molecule has 0 bridgehead atoms. The summed E-state index contributed by atoms with van der Waals surface area (Å²) in [6.07, 6.45) is 1.46. The van der Waals surface area contributed by atoms with Gasteiger partial charge in [-0.25, -0.2) is 4.98 Å². The second kappa shape index (κ2) is 6.43. The Bertz CT molecular complexity index is 492. The summed E-state index contributed by atoms with van der Waals surface area (Å²) < 4.78 is 12.1. The van der Waals surface area contributed by atoms with Crippen LogP contribution in [0.5, 0.6) is 0 Å². The van der Waals surface area contributed by atoms with Gasteiger partial charge in [-0.1, -0.05) is 25.4 Å². The Morgan fingerprint density at radius 3 is 2.37 bits per heavy atom. The van der Waals surface area contributed by atoms with Gasteiger partial charge in [0.2, 0.25) is 5.28 Å². The van der Waals surface area contributed by atoms with Crippen molar-refractivity contribution >= 4 is 36.2 Å². The van der Waals surface area contributed by atoms with E-state index < -0.39 is 7.14 Å². The number of anilines is 1. The normalized spacial score (nSPS) is 16.8. The maximum atomic E-state index is 12.1. The molecule has 3 atom stereocenters. The van der Waals surface area contributed by atoms with Crippen molar-refractivity contribution in [3.63, 3.8) is 0 Å². The van der Waals surface area contributed by atoms with E-state index >= 15 is 0 Å². The summed E-state index contributed by atoms with van der Waals surface area (Å²) in [7, 11) is -2.12. The highest BCUT2D eigenvalue weighted by Crippen LogP contribution is 2.46. The van der Waals surface area contributed by atoms with E-state index in [-0.39, 0.29) is 22.9 Å². The minimum Gasteiger partial charge on any atom is -0.366 e. The minimum absolute atomic E-state index is 0.0756. The van der Waals surface area contributed by atoms with Gasteiger partial charge in [0.25, 0.3) is 0 Å². The average Bonchev–Trinajstić information content (AvgIpc) is 2.30. The molecule has 0 saturated heterocycles. The summed E-state index contributed by atoms with van der Waals surface area (Å²) in [5, 5.41) is 3.79. The van der Waals surface area contributed by atoms with Crippen molar-refractivity contribution in [1.29, 1.82) is 0 Å². The lowest BCUT2D eigenvalue weighted by Gasteiger charge is -2.30. The van der Waals surface area contributed by atoms with Gasteiger partial charge in [-0.3, -0.25) is 0 Å². The number of rotatable bonds is 5. The number of nitrogens with one attached hydrogen (secondary N) is 1. The van der Waals surface area contributed by atoms with Gasteiger partial charge in [0.05, 0.1) is 13.3 Å². The first-order valence-corrected chi connectivity index (χ1v) is 9.54. The highest BCUT2D eigenvalue weighted by atomic mass is 35.5. The molecule has 0 spiro atoms. The molecule has 0 aliphatic heterocycles. The summed E-state index contributed by atoms with van der Waals surface area (Å²) in [6.45, 7) is 9.73. The molecule has 1 aromatic heterocycles. The molecule has 7 heteroatoms. The summed E-state index contributed by atoms with van der Waals surface area (Å²) in [5.41, 5.74) is 0.117. The lowest BCUT2D eigenvalue weighted by atomic mass is 10.0. The Kier molecular flexibility index (Phi) is 5.66. The molecule has 0 aliphatic rings. The zero-order valence-electron chi connectivity index (χ0n) is 11.8. The van der Waals surface area contributed by atoms with E-state index in [1.807, 2.05) is 27.2 Å². The van der Waals surface area contributed by atoms with Crippen LogP contribution in [0.3, 0.4) is 0 Å². The lowest BCUT2D eigenvalue weighted by Crippen LogP contribution is -2.31. The fourth-order valence-electron chi connectivity index (χ4n) is 1.78. The molecule has 0 amide bonds. The van der Waals surface area contributed by atoms with Gasteiger partial charge in [-0.2, -0.15) is 4.98 Å². The molecule has 0 aliphatic carbocycles. The Morgan fingerprint density at radius 2 is 1.84 bits per heavy atom. The molecule has 0 saturated carbocycles. The van der Waals surface area contributed by atoms with Crippen LogP contribution in [0.1, 0.15) is 20.8 Å². The van der Waals surface area contributed by atoms with Crippen LogP contribution < -0.4 is 5.32 Å². The molecule has 0 fully saturated rings. The van der Waals surface area contributed by atoms with E-state index in [1.54, 1.807) is 0 Å². The van der Waals surface area contributed by atoms with Gasteiger partial charge >= 0.3 is 0 Å². The predicted molar refractivity (Wildman–Crippen MR) is 83.2 cm³/mol. The maximum Gasteiger partial charge on any atom is 0.224 e. The maximum absolute atomic E-state index is 12.1. The molecular weight excluding hydrogens is 304 g/mol. The second-order valence-electron chi connectivity index (χ2n) is 5.30. The van der Waals surface area contributed by atoms with Gasteiger partial charge in [-0.05, 0) is 37.8 Å². The third-order valence-electron chi connectivity index (χ3n) is 3.61. The predicted octanol–water partition coefficient (Wildman–Crippen LogP) is 4.23. The molecule has 1 N–H and O–H groups in total. The highest BCUT2D eigenvalue weighted by molar-refractivity contribution is 7.63. The molecule has 0 radical (unpaired) electrons. The van der Waals surface area contributed by atoms with Crippen molar-refractivity contribution in [2.75, 3.05) is 18.6 Å². The minimum atomic E-state index is -2.12. The largest absolute Gasteiger partial charge is 0.366 e. The van der Waals surface area contributed by atoms with Crippen LogP contribution in [0.2, 0.25) is 10.3 Å². The topological polar surface area (TPSA) is 54.9 Å². The van der Waals surface area contributed by atoms with Crippen molar-refractivity contribution < 1.29 is 4.57 Å². The Hall–Kier alpha value is -0.310. The quantitative estimate of drug-likeness (QED) is 0.650. The summed E-state index contributed by atoms with van der Waals surface area (Å²) >= 11 is 11.8. The number of hydrogen-bond donors (Lipinski definition) is 1. The van der Waals surface area contributed by atoms with Crippen molar-refractivity contribution in [2.24, 2.45) is 5.92 Å². The van der Waals surface area contributed by atoms with Crippen molar-refractivity contribution in [1.82, 2.24) is 9.97 Å². The van der Waals surface area contributed by atoms with E-state index in [0.717, 1.165) is 0 Å². The first kappa shape index (κ1) is 16.7. The molecule has 1 heterocycles. The Labute approximate surface area is 124 Å². The number of nitrogens with zero attached hydrogens (tertiary/aromatic N) is 2. The second-order valence-corrected chi connectivity index (χ2v) is 9.73. The number of halogens is 2. The molecule has 3 unspecified atom stereocenters. The van der Waals surface area contributed by atoms with Gasteiger partial charge in [0.15, 0.2) is 0 Å². The lowest BCUT2D eigenvalue weighted by molar-refractivity contribution is 0.479. The van der Waals surface area contributed by atoms with Gasteiger partial charge in [0, 0.05) is 11.7 Å². The SMILES string of the molecule is CC(Nc1nc(Cl)ncc1Cl)C(C)C(C)P(C)(C)=O. The third kappa shape index (κ3) is 4.62. The van der Waals surface area contributed by atoms with Crippen LogP contribution >= 0.6 is 30.3 Å². The van der Waals surface area contributed by atoms with Crippen molar-refractivity contribution in [2.45, 2.75) is 32.5 Å². The van der Waals surface area contributed by atoms with Gasteiger partial charge < -0.3 is 9.88 Å². The van der Waals surface area contributed by atoms with Crippen LogP contribution in [0.15, 0.2) is 6.20 Å². The number of aromatic nitrogens is 2.